The molecule has 0 aliphatic heterocycles. The van der Waals surface area contributed by atoms with E-state index in [9.17, 15) is 0 Å². The number of hydrogen-bond donors (Lipinski definition) is 0. The van der Waals surface area contributed by atoms with Crippen LogP contribution in [0.5, 0.6) is 0 Å². The van der Waals surface area contributed by atoms with Crippen LogP contribution < -0.4 is 0 Å². The third kappa shape index (κ3) is 11.3. The lowest BCUT2D eigenvalue weighted by Crippen LogP contribution is -2.05. The molecular weight excluding hydrogens is 188 g/mol. The fraction of sp³-hybridized carbons (Fsp3) is 0.692. The maximum absolute atomic E-state index is 5.44. The van der Waals surface area contributed by atoms with Crippen LogP contribution in [0.3, 0.4) is 0 Å². The lowest BCUT2D eigenvalue weighted by Gasteiger charge is -2.04. The number of rotatable bonds is 9. The second-order valence-electron chi connectivity index (χ2n) is 3.80. The SMILES string of the molecule is C=C(C)CC/C=C(/C)COCCOCC. The Morgan fingerprint density at radius 3 is 2.47 bits per heavy atom. The zero-order chi connectivity index (χ0) is 11.5. The molecule has 0 saturated heterocycles. The molecular formula is C13H24O2. The predicted octanol–water partition coefficient (Wildman–Crippen LogP) is 3.34. The van der Waals surface area contributed by atoms with Crippen molar-refractivity contribution in [2.45, 2.75) is 33.6 Å². The Bertz CT molecular complexity index is 195. The molecule has 0 rings (SSSR count). The van der Waals surface area contributed by atoms with Gasteiger partial charge in [-0.1, -0.05) is 17.2 Å². The van der Waals surface area contributed by atoms with E-state index < -0.39 is 0 Å². The van der Waals surface area contributed by atoms with E-state index in [2.05, 4.69) is 26.5 Å². The Hall–Kier alpha value is -0.600. The Morgan fingerprint density at radius 1 is 1.20 bits per heavy atom. The molecule has 0 radical (unpaired) electrons. The molecule has 0 aromatic carbocycles. The molecule has 0 bridgehead atoms. The van der Waals surface area contributed by atoms with Crippen molar-refractivity contribution >= 4 is 0 Å². The van der Waals surface area contributed by atoms with Gasteiger partial charge in [0.05, 0.1) is 19.8 Å². The molecule has 0 amide bonds. The van der Waals surface area contributed by atoms with Crippen LogP contribution in [0.15, 0.2) is 23.8 Å². The maximum Gasteiger partial charge on any atom is 0.0704 e. The molecule has 0 aliphatic rings. The van der Waals surface area contributed by atoms with Crippen LogP contribution in [0.1, 0.15) is 33.6 Å². The Labute approximate surface area is 94.0 Å². The monoisotopic (exact) mass is 212 g/mol. The third-order valence-corrected chi connectivity index (χ3v) is 1.97. The quantitative estimate of drug-likeness (QED) is 0.431. The first-order valence-corrected chi connectivity index (χ1v) is 5.62. The largest absolute Gasteiger partial charge is 0.379 e. The molecule has 88 valence electrons. The number of allylic oxidation sites excluding steroid dienone is 2. The summed E-state index contributed by atoms with van der Waals surface area (Å²) in [6, 6.07) is 0. The minimum atomic E-state index is 0.680. The van der Waals surface area contributed by atoms with Crippen LogP contribution in [0, 0.1) is 0 Å². The zero-order valence-corrected chi connectivity index (χ0v) is 10.3. The van der Waals surface area contributed by atoms with E-state index >= 15 is 0 Å². The molecule has 15 heavy (non-hydrogen) atoms. The van der Waals surface area contributed by atoms with E-state index in [1.54, 1.807) is 0 Å². The van der Waals surface area contributed by atoms with Crippen molar-refractivity contribution in [2.24, 2.45) is 0 Å². The summed E-state index contributed by atoms with van der Waals surface area (Å²) in [5.74, 6) is 0. The van der Waals surface area contributed by atoms with Crippen LogP contribution in [-0.4, -0.2) is 26.4 Å². The molecule has 2 heteroatoms. The van der Waals surface area contributed by atoms with Gasteiger partial charge in [0.1, 0.15) is 0 Å². The van der Waals surface area contributed by atoms with Crippen molar-refractivity contribution in [1.82, 2.24) is 0 Å². The predicted molar refractivity (Wildman–Crippen MR) is 65.1 cm³/mol. The first-order valence-electron chi connectivity index (χ1n) is 5.62. The summed E-state index contributed by atoms with van der Waals surface area (Å²) < 4.78 is 10.6. The van der Waals surface area contributed by atoms with Crippen LogP contribution in [0.25, 0.3) is 0 Å². The van der Waals surface area contributed by atoms with Gasteiger partial charge in [0.15, 0.2) is 0 Å². The second-order valence-corrected chi connectivity index (χ2v) is 3.80. The topological polar surface area (TPSA) is 18.5 Å². The highest BCUT2D eigenvalue weighted by Gasteiger charge is 1.91. The van der Waals surface area contributed by atoms with Crippen molar-refractivity contribution in [2.75, 3.05) is 26.4 Å². The molecule has 0 heterocycles. The first-order chi connectivity index (χ1) is 7.16. The summed E-state index contributed by atoms with van der Waals surface area (Å²) in [6.45, 7) is 12.9. The Kier molecular flexibility index (Phi) is 9.54. The van der Waals surface area contributed by atoms with Gasteiger partial charge in [-0.25, -0.2) is 0 Å². The van der Waals surface area contributed by atoms with Gasteiger partial charge in [-0.05, 0) is 33.6 Å². The average molecular weight is 212 g/mol. The summed E-state index contributed by atoms with van der Waals surface area (Å²) in [7, 11) is 0. The highest BCUT2D eigenvalue weighted by atomic mass is 16.5. The second kappa shape index (κ2) is 9.94. The van der Waals surface area contributed by atoms with Crippen molar-refractivity contribution in [3.05, 3.63) is 23.8 Å². The van der Waals surface area contributed by atoms with Gasteiger partial charge in [-0.3, -0.25) is 0 Å². The summed E-state index contributed by atoms with van der Waals surface area (Å²) in [6.07, 6.45) is 4.35. The highest BCUT2D eigenvalue weighted by Crippen LogP contribution is 2.04. The molecule has 0 saturated carbocycles. The van der Waals surface area contributed by atoms with E-state index in [-0.39, 0.29) is 0 Å². The average Bonchev–Trinajstić information content (AvgIpc) is 2.17. The number of ether oxygens (including phenoxy) is 2. The van der Waals surface area contributed by atoms with Crippen LogP contribution in [0.2, 0.25) is 0 Å². The molecule has 0 atom stereocenters. The zero-order valence-electron chi connectivity index (χ0n) is 10.3. The maximum atomic E-state index is 5.44. The lowest BCUT2D eigenvalue weighted by molar-refractivity contribution is 0.0620. The molecule has 0 aromatic heterocycles. The molecule has 0 unspecified atom stereocenters. The van der Waals surface area contributed by atoms with E-state index in [0.29, 0.717) is 19.8 Å². The lowest BCUT2D eigenvalue weighted by atomic mass is 10.1. The van der Waals surface area contributed by atoms with Crippen LogP contribution in [-0.2, 0) is 9.47 Å². The van der Waals surface area contributed by atoms with Crippen molar-refractivity contribution in [1.29, 1.82) is 0 Å². The highest BCUT2D eigenvalue weighted by molar-refractivity contribution is 5.00. The van der Waals surface area contributed by atoms with E-state index in [4.69, 9.17) is 9.47 Å². The van der Waals surface area contributed by atoms with E-state index in [1.165, 1.54) is 11.1 Å². The van der Waals surface area contributed by atoms with Crippen LogP contribution in [0.4, 0.5) is 0 Å². The fourth-order valence-corrected chi connectivity index (χ4v) is 1.12. The van der Waals surface area contributed by atoms with E-state index in [0.717, 1.165) is 19.4 Å². The standard InChI is InChI=1S/C13H24O2/c1-5-14-9-10-15-11-13(4)8-6-7-12(2)3/h8H,2,5-7,9-11H2,1,3-4H3/b13-8-. The van der Waals surface area contributed by atoms with Gasteiger partial charge >= 0.3 is 0 Å². The molecule has 2 nitrogen and oxygen atoms in total. The molecule has 0 aliphatic carbocycles. The summed E-state index contributed by atoms with van der Waals surface area (Å²) in [5.41, 5.74) is 2.52. The van der Waals surface area contributed by atoms with Crippen molar-refractivity contribution in [3.63, 3.8) is 0 Å². The molecule has 0 aromatic rings. The minimum absolute atomic E-state index is 0.680. The molecule has 0 spiro atoms. The minimum Gasteiger partial charge on any atom is -0.379 e. The smallest absolute Gasteiger partial charge is 0.0704 e. The van der Waals surface area contributed by atoms with Gasteiger partial charge in [-0.15, -0.1) is 6.58 Å². The molecule has 0 N–H and O–H groups in total. The van der Waals surface area contributed by atoms with Crippen molar-refractivity contribution in [3.8, 4) is 0 Å². The van der Waals surface area contributed by atoms with E-state index in [1.807, 2.05) is 6.92 Å². The normalized spacial score (nSPS) is 11.8. The van der Waals surface area contributed by atoms with Gasteiger partial charge < -0.3 is 9.47 Å². The fourth-order valence-electron chi connectivity index (χ4n) is 1.12. The summed E-state index contributed by atoms with van der Waals surface area (Å²) >= 11 is 0. The third-order valence-electron chi connectivity index (χ3n) is 1.97. The van der Waals surface area contributed by atoms with Crippen LogP contribution >= 0.6 is 0 Å². The van der Waals surface area contributed by atoms with Gasteiger partial charge in [0.25, 0.3) is 0 Å². The van der Waals surface area contributed by atoms with Crippen molar-refractivity contribution < 1.29 is 9.47 Å². The Morgan fingerprint density at radius 2 is 1.87 bits per heavy atom. The van der Waals surface area contributed by atoms with Gasteiger partial charge in [-0.2, -0.15) is 0 Å². The first kappa shape index (κ1) is 14.4. The summed E-state index contributed by atoms with van der Waals surface area (Å²) in [5, 5.41) is 0. The van der Waals surface area contributed by atoms with Gasteiger partial charge in [0, 0.05) is 6.61 Å². The summed E-state index contributed by atoms with van der Waals surface area (Å²) in [4.78, 5) is 0. The number of hydrogen-bond acceptors (Lipinski definition) is 2. The van der Waals surface area contributed by atoms with Gasteiger partial charge in [0.2, 0.25) is 0 Å². The molecule has 0 fully saturated rings. The Balaban J connectivity index is 3.38.